The Morgan fingerprint density at radius 2 is 2.04 bits per heavy atom. The van der Waals surface area contributed by atoms with Gasteiger partial charge in [-0.25, -0.2) is 4.98 Å². The molecule has 4 rings (SSSR count). The van der Waals surface area contributed by atoms with Crippen molar-refractivity contribution in [3.63, 3.8) is 0 Å². The molecule has 1 saturated heterocycles. The van der Waals surface area contributed by atoms with Crippen molar-refractivity contribution >= 4 is 0 Å². The molecule has 0 amide bonds. The van der Waals surface area contributed by atoms with Crippen molar-refractivity contribution in [2.75, 3.05) is 13.1 Å². The van der Waals surface area contributed by atoms with Crippen LogP contribution in [-0.4, -0.2) is 37.9 Å². The average Bonchev–Trinajstić information content (AvgIpc) is 2.69. The van der Waals surface area contributed by atoms with E-state index < -0.39 is 0 Å². The average molecular weight is 347 g/mol. The molecule has 0 aromatic carbocycles. The van der Waals surface area contributed by atoms with Gasteiger partial charge >= 0.3 is 0 Å². The maximum Gasteiger partial charge on any atom is 0.251 e. The van der Waals surface area contributed by atoms with Crippen LogP contribution in [0.1, 0.15) is 30.3 Å². The van der Waals surface area contributed by atoms with Gasteiger partial charge in [-0.2, -0.15) is 0 Å². The number of pyridine rings is 2. The molecular formula is C20H21N5O. The van der Waals surface area contributed by atoms with Crippen LogP contribution in [0.15, 0.2) is 59.8 Å². The molecule has 3 aromatic rings. The van der Waals surface area contributed by atoms with Crippen LogP contribution in [0.2, 0.25) is 0 Å². The maximum absolute atomic E-state index is 12.2. The van der Waals surface area contributed by atoms with Crippen molar-refractivity contribution in [3.05, 3.63) is 76.9 Å². The van der Waals surface area contributed by atoms with Gasteiger partial charge in [0.2, 0.25) is 0 Å². The fraction of sp³-hybridized carbons (Fsp3) is 0.300. The lowest BCUT2D eigenvalue weighted by Gasteiger charge is -2.32. The Bertz CT molecular complexity index is 910. The first-order valence-electron chi connectivity index (χ1n) is 8.92. The van der Waals surface area contributed by atoms with Crippen molar-refractivity contribution in [1.29, 1.82) is 0 Å². The van der Waals surface area contributed by atoms with Crippen LogP contribution in [0.5, 0.6) is 0 Å². The van der Waals surface area contributed by atoms with Crippen LogP contribution in [0, 0.1) is 0 Å². The van der Waals surface area contributed by atoms with E-state index in [9.17, 15) is 4.79 Å². The number of piperidine rings is 1. The molecule has 6 heteroatoms. The predicted molar refractivity (Wildman–Crippen MR) is 99.6 cm³/mol. The fourth-order valence-corrected chi connectivity index (χ4v) is 3.48. The Labute approximate surface area is 152 Å². The lowest BCUT2D eigenvalue weighted by molar-refractivity contribution is 0.194. The summed E-state index contributed by atoms with van der Waals surface area (Å²) in [6, 6.07) is 11.3. The summed E-state index contributed by atoms with van der Waals surface area (Å²) in [6.45, 7) is 2.74. The van der Waals surface area contributed by atoms with E-state index in [0.717, 1.165) is 49.6 Å². The summed E-state index contributed by atoms with van der Waals surface area (Å²) in [5.74, 6) is 0.997. The van der Waals surface area contributed by atoms with Crippen LogP contribution in [0.3, 0.4) is 0 Å². The van der Waals surface area contributed by atoms with Crippen molar-refractivity contribution in [2.45, 2.75) is 25.3 Å². The molecule has 0 radical (unpaired) electrons. The second-order valence-corrected chi connectivity index (χ2v) is 6.65. The van der Waals surface area contributed by atoms with E-state index in [4.69, 9.17) is 4.98 Å². The fourth-order valence-electron chi connectivity index (χ4n) is 3.48. The summed E-state index contributed by atoms with van der Waals surface area (Å²) in [4.78, 5) is 30.7. The Hall–Kier alpha value is -2.86. The predicted octanol–water partition coefficient (Wildman–Crippen LogP) is 2.61. The van der Waals surface area contributed by atoms with Gasteiger partial charge in [0.05, 0.1) is 11.4 Å². The number of rotatable bonds is 4. The lowest BCUT2D eigenvalue weighted by atomic mass is 9.96. The quantitative estimate of drug-likeness (QED) is 0.785. The monoisotopic (exact) mass is 347 g/mol. The first kappa shape index (κ1) is 16.6. The first-order chi connectivity index (χ1) is 12.8. The van der Waals surface area contributed by atoms with Gasteiger partial charge in [-0.3, -0.25) is 19.7 Å². The number of nitrogens with one attached hydrogen (secondary N) is 1. The molecule has 4 heterocycles. The minimum absolute atomic E-state index is 0.108. The molecule has 0 aliphatic carbocycles. The SMILES string of the molecule is O=c1cc(-c2ccncc2)nc([C@H]2CCCN(Cc3ccccn3)C2)[nH]1. The molecule has 0 unspecified atom stereocenters. The summed E-state index contributed by atoms with van der Waals surface area (Å²) >= 11 is 0. The van der Waals surface area contributed by atoms with Crippen molar-refractivity contribution in [3.8, 4) is 11.3 Å². The minimum atomic E-state index is -0.108. The summed E-state index contributed by atoms with van der Waals surface area (Å²) in [5, 5.41) is 0. The van der Waals surface area contributed by atoms with E-state index in [1.165, 1.54) is 0 Å². The normalized spacial score (nSPS) is 17.9. The maximum atomic E-state index is 12.2. The van der Waals surface area contributed by atoms with E-state index in [2.05, 4.69) is 19.9 Å². The molecule has 1 fully saturated rings. The highest BCUT2D eigenvalue weighted by atomic mass is 16.1. The zero-order chi connectivity index (χ0) is 17.8. The third kappa shape index (κ3) is 3.86. The Morgan fingerprint density at radius 1 is 1.15 bits per heavy atom. The zero-order valence-electron chi connectivity index (χ0n) is 14.5. The van der Waals surface area contributed by atoms with Gasteiger partial charge in [-0.1, -0.05) is 6.07 Å². The Balaban J connectivity index is 1.55. The van der Waals surface area contributed by atoms with Gasteiger partial charge in [0.1, 0.15) is 5.82 Å². The second-order valence-electron chi connectivity index (χ2n) is 6.65. The van der Waals surface area contributed by atoms with Gasteiger partial charge in [0, 0.05) is 49.2 Å². The van der Waals surface area contributed by atoms with Gasteiger partial charge in [-0.05, 0) is 43.7 Å². The molecule has 6 nitrogen and oxygen atoms in total. The van der Waals surface area contributed by atoms with Crippen molar-refractivity contribution in [1.82, 2.24) is 24.8 Å². The summed E-state index contributed by atoms with van der Waals surface area (Å²) < 4.78 is 0. The topological polar surface area (TPSA) is 74.8 Å². The molecule has 1 atom stereocenters. The van der Waals surface area contributed by atoms with Crippen molar-refractivity contribution < 1.29 is 0 Å². The number of aromatic amines is 1. The van der Waals surface area contributed by atoms with E-state index in [1.54, 1.807) is 18.5 Å². The van der Waals surface area contributed by atoms with Gasteiger partial charge in [-0.15, -0.1) is 0 Å². The number of hydrogen-bond donors (Lipinski definition) is 1. The number of nitrogens with zero attached hydrogens (tertiary/aromatic N) is 4. The molecule has 0 saturated carbocycles. The van der Waals surface area contributed by atoms with E-state index >= 15 is 0 Å². The zero-order valence-corrected chi connectivity index (χ0v) is 14.5. The van der Waals surface area contributed by atoms with Gasteiger partial charge in [0.25, 0.3) is 5.56 Å². The first-order valence-corrected chi connectivity index (χ1v) is 8.92. The summed E-state index contributed by atoms with van der Waals surface area (Å²) in [5.41, 5.74) is 2.57. The molecule has 132 valence electrons. The van der Waals surface area contributed by atoms with Crippen LogP contribution >= 0.6 is 0 Å². The molecule has 1 aliphatic rings. The van der Waals surface area contributed by atoms with E-state index in [-0.39, 0.29) is 11.5 Å². The molecular weight excluding hydrogens is 326 g/mol. The van der Waals surface area contributed by atoms with Crippen LogP contribution in [0.4, 0.5) is 0 Å². The third-order valence-electron chi connectivity index (χ3n) is 4.74. The van der Waals surface area contributed by atoms with Crippen LogP contribution in [0.25, 0.3) is 11.3 Å². The summed E-state index contributed by atoms with van der Waals surface area (Å²) in [6.07, 6.45) is 7.37. The summed E-state index contributed by atoms with van der Waals surface area (Å²) in [7, 11) is 0. The highest BCUT2D eigenvalue weighted by Gasteiger charge is 2.24. The molecule has 1 aliphatic heterocycles. The van der Waals surface area contributed by atoms with E-state index in [0.29, 0.717) is 5.69 Å². The van der Waals surface area contributed by atoms with Gasteiger partial charge in [0.15, 0.2) is 0 Å². The number of hydrogen-bond acceptors (Lipinski definition) is 5. The molecule has 1 N–H and O–H groups in total. The molecule has 0 spiro atoms. The van der Waals surface area contributed by atoms with E-state index in [1.807, 2.05) is 36.5 Å². The molecule has 0 bridgehead atoms. The Morgan fingerprint density at radius 3 is 2.85 bits per heavy atom. The van der Waals surface area contributed by atoms with Crippen molar-refractivity contribution in [2.24, 2.45) is 0 Å². The number of H-pyrrole nitrogens is 1. The number of aromatic nitrogens is 4. The van der Waals surface area contributed by atoms with Crippen LogP contribution in [-0.2, 0) is 6.54 Å². The highest BCUT2D eigenvalue weighted by Crippen LogP contribution is 2.26. The number of likely N-dealkylation sites (tertiary alicyclic amines) is 1. The Kier molecular flexibility index (Phi) is 4.84. The standard InChI is InChI=1S/C20H21N5O/c26-19-12-18(15-6-9-21-10-7-15)23-20(24-19)16-4-3-11-25(13-16)14-17-5-1-2-8-22-17/h1-2,5-10,12,16H,3-4,11,13-14H2,(H,23,24,26)/t16-/m0/s1. The minimum Gasteiger partial charge on any atom is -0.310 e. The smallest absolute Gasteiger partial charge is 0.251 e. The highest BCUT2D eigenvalue weighted by molar-refractivity contribution is 5.57. The largest absolute Gasteiger partial charge is 0.310 e. The lowest BCUT2D eigenvalue weighted by Crippen LogP contribution is -2.35. The molecule has 26 heavy (non-hydrogen) atoms. The second kappa shape index (κ2) is 7.58. The van der Waals surface area contributed by atoms with Gasteiger partial charge < -0.3 is 4.98 Å². The van der Waals surface area contributed by atoms with Crippen LogP contribution < -0.4 is 5.56 Å². The molecule has 3 aromatic heterocycles. The third-order valence-corrected chi connectivity index (χ3v) is 4.74.